The number of nitrogens with one attached hydrogen (secondary N) is 1. The average Bonchev–Trinajstić information content (AvgIpc) is 3.52. The zero-order valence-corrected chi connectivity index (χ0v) is 20.5. The first-order chi connectivity index (χ1) is 17.1. The summed E-state index contributed by atoms with van der Waals surface area (Å²) in [5.74, 6) is 0. The summed E-state index contributed by atoms with van der Waals surface area (Å²) < 4.78 is 2.68. The lowest BCUT2D eigenvalue weighted by Crippen LogP contribution is -2.14. The van der Waals surface area contributed by atoms with Crippen LogP contribution in [-0.4, -0.2) is 4.98 Å². The Hall–Kier alpha value is -3.88. The molecule has 2 aromatic heterocycles. The van der Waals surface area contributed by atoms with Crippen LogP contribution >= 0.6 is 11.3 Å². The minimum atomic E-state index is 0.0123. The van der Waals surface area contributed by atoms with E-state index in [1.807, 2.05) is 11.3 Å². The monoisotopic (exact) mass is 465 g/mol. The lowest BCUT2D eigenvalue weighted by molar-refractivity contribution is 0.660. The second-order valence-electron chi connectivity index (χ2n) is 10.3. The molecule has 7 aromatic rings. The molecule has 0 fully saturated rings. The Morgan fingerprint density at radius 1 is 0.600 bits per heavy atom. The Balaban J connectivity index is 1.34. The van der Waals surface area contributed by atoms with Gasteiger partial charge in [0, 0.05) is 41.9 Å². The Kier molecular flexibility index (Phi) is 3.67. The molecule has 0 spiro atoms. The zero-order valence-electron chi connectivity index (χ0n) is 19.6. The van der Waals surface area contributed by atoms with Gasteiger partial charge in [-0.05, 0) is 63.7 Å². The lowest BCUT2D eigenvalue weighted by atomic mass is 9.81. The number of rotatable bonds is 1. The van der Waals surface area contributed by atoms with Crippen molar-refractivity contribution in [2.24, 2.45) is 0 Å². The normalized spacial score (nSPS) is 14.2. The van der Waals surface area contributed by atoms with E-state index in [1.165, 1.54) is 75.4 Å². The van der Waals surface area contributed by atoms with Crippen molar-refractivity contribution in [3.8, 4) is 22.3 Å². The van der Waals surface area contributed by atoms with Crippen molar-refractivity contribution in [2.45, 2.75) is 19.3 Å². The first kappa shape index (κ1) is 19.4. The Labute approximate surface area is 207 Å². The van der Waals surface area contributed by atoms with Crippen molar-refractivity contribution in [2.75, 3.05) is 0 Å². The van der Waals surface area contributed by atoms with Crippen molar-refractivity contribution < 1.29 is 0 Å². The fourth-order valence-corrected chi connectivity index (χ4v) is 7.36. The third-order valence-corrected chi connectivity index (χ3v) is 9.17. The van der Waals surface area contributed by atoms with Gasteiger partial charge in [-0.2, -0.15) is 0 Å². The lowest BCUT2D eigenvalue weighted by Gasteiger charge is -2.22. The third-order valence-electron chi connectivity index (χ3n) is 8.03. The van der Waals surface area contributed by atoms with Gasteiger partial charge in [0.15, 0.2) is 0 Å². The molecular formula is C33H23NS. The van der Waals surface area contributed by atoms with Gasteiger partial charge in [-0.15, -0.1) is 11.3 Å². The summed E-state index contributed by atoms with van der Waals surface area (Å²) in [5.41, 5.74) is 10.6. The summed E-state index contributed by atoms with van der Waals surface area (Å²) in [6.07, 6.45) is 0. The van der Waals surface area contributed by atoms with Gasteiger partial charge in [0.25, 0.3) is 0 Å². The number of fused-ring (bicyclic) bond motifs is 10. The zero-order chi connectivity index (χ0) is 23.3. The molecule has 0 bridgehead atoms. The summed E-state index contributed by atoms with van der Waals surface area (Å²) in [6.45, 7) is 4.70. The quantitative estimate of drug-likeness (QED) is 0.248. The molecule has 1 aliphatic rings. The summed E-state index contributed by atoms with van der Waals surface area (Å²) >= 11 is 1.87. The molecule has 35 heavy (non-hydrogen) atoms. The predicted octanol–water partition coefficient (Wildman–Crippen LogP) is 9.66. The highest BCUT2D eigenvalue weighted by atomic mass is 32.1. The van der Waals surface area contributed by atoms with Gasteiger partial charge in [-0.25, -0.2) is 0 Å². The molecule has 0 saturated heterocycles. The summed E-state index contributed by atoms with van der Waals surface area (Å²) in [7, 11) is 0. The maximum absolute atomic E-state index is 3.75. The topological polar surface area (TPSA) is 15.8 Å². The fourth-order valence-electron chi connectivity index (χ4n) is 6.25. The first-order valence-electron chi connectivity index (χ1n) is 12.2. The van der Waals surface area contributed by atoms with Crippen LogP contribution in [0.15, 0.2) is 97.1 Å². The van der Waals surface area contributed by atoms with E-state index in [0.717, 1.165) is 0 Å². The summed E-state index contributed by atoms with van der Waals surface area (Å²) in [5, 5.41) is 5.27. The van der Waals surface area contributed by atoms with Crippen molar-refractivity contribution in [1.29, 1.82) is 0 Å². The van der Waals surface area contributed by atoms with Crippen LogP contribution in [0.2, 0.25) is 0 Å². The van der Waals surface area contributed by atoms with Crippen LogP contribution in [-0.2, 0) is 5.41 Å². The number of H-pyrrole nitrogens is 1. The van der Waals surface area contributed by atoms with E-state index in [4.69, 9.17) is 0 Å². The molecule has 0 radical (unpaired) electrons. The van der Waals surface area contributed by atoms with Gasteiger partial charge < -0.3 is 4.98 Å². The molecule has 1 nitrogen and oxygen atoms in total. The fraction of sp³-hybridized carbons (Fsp3) is 0.0909. The minimum Gasteiger partial charge on any atom is -0.354 e. The van der Waals surface area contributed by atoms with Crippen LogP contribution in [0.5, 0.6) is 0 Å². The molecule has 0 amide bonds. The van der Waals surface area contributed by atoms with Crippen molar-refractivity contribution >= 4 is 53.3 Å². The molecule has 0 unspecified atom stereocenters. The molecule has 2 heterocycles. The van der Waals surface area contributed by atoms with Gasteiger partial charge in [0.1, 0.15) is 0 Å². The van der Waals surface area contributed by atoms with Crippen molar-refractivity contribution in [3.63, 3.8) is 0 Å². The van der Waals surface area contributed by atoms with Gasteiger partial charge in [0.2, 0.25) is 0 Å². The Bertz CT molecular complexity index is 1980. The highest BCUT2D eigenvalue weighted by Crippen LogP contribution is 2.49. The second kappa shape index (κ2) is 6.62. The van der Waals surface area contributed by atoms with E-state index < -0.39 is 0 Å². The van der Waals surface area contributed by atoms with Crippen LogP contribution in [0.4, 0.5) is 0 Å². The molecule has 0 aliphatic heterocycles. The molecule has 0 saturated carbocycles. The van der Waals surface area contributed by atoms with Crippen molar-refractivity contribution in [1.82, 2.24) is 4.98 Å². The number of aromatic nitrogens is 1. The molecule has 1 aliphatic carbocycles. The number of aromatic amines is 1. The third kappa shape index (κ3) is 2.53. The van der Waals surface area contributed by atoms with E-state index in [0.29, 0.717) is 0 Å². The largest absolute Gasteiger partial charge is 0.354 e. The van der Waals surface area contributed by atoms with Crippen LogP contribution in [0, 0.1) is 0 Å². The maximum atomic E-state index is 3.75. The smallest absolute Gasteiger partial charge is 0.0559 e. The first-order valence-corrected chi connectivity index (χ1v) is 13.0. The Morgan fingerprint density at radius 2 is 1.37 bits per heavy atom. The summed E-state index contributed by atoms with van der Waals surface area (Å²) in [4.78, 5) is 3.75. The number of hydrogen-bond acceptors (Lipinski definition) is 1. The van der Waals surface area contributed by atoms with Crippen LogP contribution in [0.3, 0.4) is 0 Å². The van der Waals surface area contributed by atoms with Crippen molar-refractivity contribution in [3.05, 3.63) is 108 Å². The van der Waals surface area contributed by atoms with E-state index in [1.54, 1.807) is 0 Å². The van der Waals surface area contributed by atoms with E-state index in [9.17, 15) is 0 Å². The molecule has 2 heteroatoms. The molecule has 166 valence electrons. The molecule has 0 atom stereocenters. The van der Waals surface area contributed by atoms with Crippen LogP contribution in [0.1, 0.15) is 25.0 Å². The number of hydrogen-bond donors (Lipinski definition) is 1. The van der Waals surface area contributed by atoms with Crippen LogP contribution in [0.25, 0.3) is 64.2 Å². The van der Waals surface area contributed by atoms with E-state index in [2.05, 4.69) is 116 Å². The molecule has 5 aromatic carbocycles. The number of benzene rings is 5. The highest BCUT2D eigenvalue weighted by Gasteiger charge is 2.35. The molecule has 8 rings (SSSR count). The summed E-state index contributed by atoms with van der Waals surface area (Å²) in [6, 6.07) is 36.1. The van der Waals surface area contributed by atoms with E-state index >= 15 is 0 Å². The minimum absolute atomic E-state index is 0.0123. The Morgan fingerprint density at radius 3 is 2.31 bits per heavy atom. The van der Waals surface area contributed by atoms with Crippen LogP contribution < -0.4 is 0 Å². The van der Waals surface area contributed by atoms with Gasteiger partial charge >= 0.3 is 0 Å². The van der Waals surface area contributed by atoms with E-state index in [-0.39, 0.29) is 5.41 Å². The second-order valence-corrected chi connectivity index (χ2v) is 11.4. The predicted molar refractivity (Wildman–Crippen MR) is 152 cm³/mol. The van der Waals surface area contributed by atoms with Gasteiger partial charge in [-0.3, -0.25) is 0 Å². The average molecular weight is 466 g/mol. The van der Waals surface area contributed by atoms with Gasteiger partial charge in [-0.1, -0.05) is 80.6 Å². The molecular weight excluding hydrogens is 442 g/mol. The highest BCUT2D eigenvalue weighted by molar-refractivity contribution is 7.26. The maximum Gasteiger partial charge on any atom is 0.0559 e. The SMILES string of the molecule is CC1(C)c2ccccc2-c2ccc(-c3ccc4[nH]c5c(ccc6sc7ccccc7c65)c4c3)cc21. The number of thiophene rings is 1. The standard InChI is InChI=1S/C33H23NS/c1-33(2)26-9-5-3-7-21(26)22-13-11-20(18-27(22)33)19-12-15-28-25(17-19)23-14-16-30-31(32(23)34-28)24-8-4-6-10-29(24)35-30/h3-18,34H,1-2H3. The van der Waals surface area contributed by atoms with Gasteiger partial charge in [0.05, 0.1) is 5.52 Å². The molecule has 1 N–H and O–H groups in total.